The molecule has 2 aliphatic rings. The predicted octanol–water partition coefficient (Wildman–Crippen LogP) is 4.01. The Morgan fingerprint density at radius 2 is 2.03 bits per heavy atom. The molecule has 0 aliphatic carbocycles. The van der Waals surface area contributed by atoms with Crippen molar-refractivity contribution >= 4 is 34.9 Å². The molecule has 8 heteroatoms. The summed E-state index contributed by atoms with van der Waals surface area (Å²) in [5.74, 6) is -1.33. The topological polar surface area (TPSA) is 70.6 Å². The first-order valence-corrected chi connectivity index (χ1v) is 10.6. The average molecular weight is 425 g/mol. The Hall–Kier alpha value is -3.00. The normalized spacial score (nSPS) is 20.8. The third-order valence-electron chi connectivity index (χ3n) is 5.25. The Bertz CT molecular complexity index is 1010. The minimum absolute atomic E-state index is 0.111. The summed E-state index contributed by atoms with van der Waals surface area (Å²) < 4.78 is 13.9. The fourth-order valence-electron chi connectivity index (χ4n) is 3.75. The van der Waals surface area contributed by atoms with Gasteiger partial charge in [0.2, 0.25) is 5.91 Å². The van der Waals surface area contributed by atoms with Gasteiger partial charge >= 0.3 is 0 Å². The van der Waals surface area contributed by atoms with Gasteiger partial charge in [-0.15, -0.1) is 0 Å². The van der Waals surface area contributed by atoms with E-state index in [0.717, 1.165) is 41.5 Å². The van der Waals surface area contributed by atoms with Crippen LogP contribution in [0.1, 0.15) is 36.4 Å². The van der Waals surface area contributed by atoms with Crippen LogP contribution in [-0.4, -0.2) is 44.9 Å². The molecule has 2 saturated heterocycles. The molecule has 0 radical (unpaired) electrons. The maximum absolute atomic E-state index is 13.9. The smallest absolute Gasteiger partial charge is 0.294 e. The van der Waals surface area contributed by atoms with E-state index in [1.165, 1.54) is 18.2 Å². The van der Waals surface area contributed by atoms with Gasteiger partial charge in [-0.3, -0.25) is 24.3 Å². The highest BCUT2D eigenvalue weighted by Gasteiger charge is 2.38. The van der Waals surface area contributed by atoms with Crippen molar-refractivity contribution < 1.29 is 18.8 Å². The fourth-order valence-corrected chi connectivity index (χ4v) is 4.57. The number of carbonyl (C=O) groups excluding carboxylic acids is 3. The van der Waals surface area contributed by atoms with Crippen molar-refractivity contribution in [2.24, 2.45) is 0 Å². The number of carbonyl (C=O) groups is 3. The molecule has 0 unspecified atom stereocenters. The van der Waals surface area contributed by atoms with E-state index in [1.54, 1.807) is 29.4 Å². The van der Waals surface area contributed by atoms with Gasteiger partial charge in [0.05, 0.1) is 10.9 Å². The molecule has 1 atom stereocenters. The summed E-state index contributed by atoms with van der Waals surface area (Å²) in [5, 5.41) is -0.522. The van der Waals surface area contributed by atoms with Crippen molar-refractivity contribution in [3.05, 3.63) is 70.6 Å². The molecule has 0 bridgehead atoms. The van der Waals surface area contributed by atoms with Gasteiger partial charge in [-0.25, -0.2) is 4.39 Å². The van der Waals surface area contributed by atoms with Gasteiger partial charge in [0, 0.05) is 24.5 Å². The molecule has 30 heavy (non-hydrogen) atoms. The number of halogens is 1. The highest BCUT2D eigenvalue weighted by Crippen LogP contribution is 2.34. The maximum Gasteiger partial charge on any atom is 0.294 e. The largest absolute Gasteiger partial charge is 0.334 e. The van der Waals surface area contributed by atoms with E-state index >= 15 is 0 Å². The zero-order valence-electron chi connectivity index (χ0n) is 16.2. The Balaban J connectivity index is 1.50. The first-order chi connectivity index (χ1) is 14.5. The molecular formula is C22H20FN3O3S. The van der Waals surface area contributed by atoms with E-state index in [1.807, 2.05) is 12.1 Å². The summed E-state index contributed by atoms with van der Waals surface area (Å²) in [7, 11) is 0. The van der Waals surface area contributed by atoms with Crippen molar-refractivity contribution in [3.63, 3.8) is 0 Å². The summed E-state index contributed by atoms with van der Waals surface area (Å²) >= 11 is 0.722. The number of benzene rings is 1. The van der Waals surface area contributed by atoms with Crippen LogP contribution < -0.4 is 0 Å². The van der Waals surface area contributed by atoms with Gasteiger partial charge in [0.25, 0.3) is 11.1 Å². The van der Waals surface area contributed by atoms with Crippen LogP contribution in [0.3, 0.4) is 0 Å². The molecule has 0 saturated carbocycles. The van der Waals surface area contributed by atoms with Crippen molar-refractivity contribution in [3.8, 4) is 0 Å². The number of hydrogen-bond acceptors (Lipinski definition) is 5. The van der Waals surface area contributed by atoms with Crippen LogP contribution in [0.25, 0.3) is 6.08 Å². The number of hydrogen-bond donors (Lipinski definition) is 0. The fraction of sp³-hybridized carbons (Fsp3) is 0.273. The van der Waals surface area contributed by atoms with E-state index in [-0.39, 0.29) is 29.0 Å². The van der Waals surface area contributed by atoms with Crippen LogP contribution in [0.15, 0.2) is 53.7 Å². The van der Waals surface area contributed by atoms with Crippen LogP contribution in [0.2, 0.25) is 0 Å². The molecule has 3 amide bonds. The summed E-state index contributed by atoms with van der Waals surface area (Å²) in [6, 6.07) is 9.66. The van der Waals surface area contributed by atoms with Crippen LogP contribution >= 0.6 is 11.8 Å². The molecule has 154 valence electrons. The lowest BCUT2D eigenvalue weighted by atomic mass is 9.96. The molecular weight excluding hydrogens is 405 g/mol. The summed E-state index contributed by atoms with van der Waals surface area (Å²) in [6.45, 7) is 0.246. The van der Waals surface area contributed by atoms with Gasteiger partial charge in [-0.2, -0.15) is 0 Å². The molecule has 2 fully saturated rings. The number of aromatic nitrogens is 1. The minimum Gasteiger partial charge on any atom is -0.334 e. The quantitative estimate of drug-likeness (QED) is 0.693. The molecule has 1 aromatic heterocycles. The van der Waals surface area contributed by atoms with Gasteiger partial charge in [-0.05, 0) is 54.8 Å². The Labute approximate surface area is 177 Å². The van der Waals surface area contributed by atoms with E-state index in [2.05, 4.69) is 4.98 Å². The second-order valence-electron chi connectivity index (χ2n) is 7.17. The van der Waals surface area contributed by atoms with Crippen molar-refractivity contribution in [2.75, 3.05) is 13.1 Å². The molecule has 2 aliphatic heterocycles. The Morgan fingerprint density at radius 1 is 1.20 bits per heavy atom. The average Bonchev–Trinajstić information content (AvgIpc) is 3.03. The number of nitrogens with zero attached hydrogens (tertiary/aromatic N) is 3. The Kier molecular flexibility index (Phi) is 5.94. The molecule has 1 aromatic carbocycles. The summed E-state index contributed by atoms with van der Waals surface area (Å²) in [5.41, 5.74) is 1.17. The van der Waals surface area contributed by atoms with E-state index < -0.39 is 17.0 Å². The lowest BCUT2D eigenvalue weighted by Gasteiger charge is -2.36. The molecule has 2 aromatic rings. The third kappa shape index (κ3) is 4.14. The lowest BCUT2D eigenvalue weighted by molar-refractivity contribution is -0.138. The zero-order chi connectivity index (χ0) is 21.1. The van der Waals surface area contributed by atoms with Gasteiger partial charge in [0.15, 0.2) is 0 Å². The second-order valence-corrected chi connectivity index (χ2v) is 8.17. The lowest BCUT2D eigenvalue weighted by Crippen LogP contribution is -2.45. The Morgan fingerprint density at radius 3 is 2.80 bits per heavy atom. The molecule has 4 rings (SSSR count). The monoisotopic (exact) mass is 425 g/mol. The van der Waals surface area contributed by atoms with Crippen molar-refractivity contribution in [2.45, 2.75) is 25.3 Å². The molecule has 6 nitrogen and oxygen atoms in total. The highest BCUT2D eigenvalue weighted by molar-refractivity contribution is 8.18. The molecule has 0 N–H and O–H groups in total. The third-order valence-corrected chi connectivity index (χ3v) is 6.16. The number of likely N-dealkylation sites (tertiary alicyclic amines) is 1. The SMILES string of the molecule is O=C1S/C(=C\c2ccccc2F)C(=O)N1CC(=O)N1CCCC[C@@H]1c1cccnc1. The number of thioether (sulfide) groups is 1. The van der Waals surface area contributed by atoms with Gasteiger partial charge in [0.1, 0.15) is 12.4 Å². The predicted molar refractivity (Wildman–Crippen MR) is 112 cm³/mol. The van der Waals surface area contributed by atoms with Crippen LogP contribution in [0.4, 0.5) is 9.18 Å². The first kappa shape index (κ1) is 20.3. The van der Waals surface area contributed by atoms with E-state index in [9.17, 15) is 18.8 Å². The van der Waals surface area contributed by atoms with Crippen molar-refractivity contribution in [1.29, 1.82) is 0 Å². The second kappa shape index (κ2) is 8.79. The highest BCUT2D eigenvalue weighted by atomic mass is 32.2. The number of piperidine rings is 1. The van der Waals surface area contributed by atoms with Gasteiger partial charge in [-0.1, -0.05) is 24.3 Å². The van der Waals surface area contributed by atoms with Crippen molar-refractivity contribution in [1.82, 2.24) is 14.8 Å². The molecule has 0 spiro atoms. The standard InChI is InChI=1S/C22H20FN3O3S/c23-17-8-2-1-6-15(17)12-19-21(28)26(22(29)30-19)14-20(27)25-11-4-3-9-18(25)16-7-5-10-24-13-16/h1-2,5-8,10,12-13,18H,3-4,9,11,14H2/b19-12-/t18-/m1/s1. The zero-order valence-corrected chi connectivity index (χ0v) is 17.0. The van der Waals surface area contributed by atoms with E-state index in [0.29, 0.717) is 6.54 Å². The minimum atomic E-state index is -0.573. The van der Waals surface area contributed by atoms with Gasteiger partial charge < -0.3 is 4.90 Å². The maximum atomic E-state index is 13.9. The summed E-state index contributed by atoms with van der Waals surface area (Å²) in [6.07, 6.45) is 7.46. The number of imide groups is 1. The van der Waals surface area contributed by atoms with Crippen LogP contribution in [0.5, 0.6) is 0 Å². The van der Waals surface area contributed by atoms with Crippen LogP contribution in [-0.2, 0) is 9.59 Å². The summed E-state index contributed by atoms with van der Waals surface area (Å²) in [4.78, 5) is 45.0. The van der Waals surface area contributed by atoms with Crippen LogP contribution in [0, 0.1) is 5.82 Å². The number of pyridine rings is 1. The molecule has 3 heterocycles. The van der Waals surface area contributed by atoms with E-state index in [4.69, 9.17) is 0 Å². The number of rotatable bonds is 4. The first-order valence-electron chi connectivity index (χ1n) is 9.74. The number of amides is 3.